The van der Waals surface area contributed by atoms with Crippen molar-refractivity contribution < 1.29 is 35.1 Å². The Balaban J connectivity index is 1.14. The third-order valence-corrected chi connectivity index (χ3v) is 13.6. The molecule has 0 bridgehead atoms. The van der Waals surface area contributed by atoms with Crippen molar-refractivity contribution in [2.45, 2.75) is 128 Å². The lowest BCUT2D eigenvalue weighted by Gasteiger charge is -2.43. The van der Waals surface area contributed by atoms with E-state index in [1.165, 1.54) is 52.8 Å². The van der Waals surface area contributed by atoms with Gasteiger partial charge in [-0.2, -0.15) is 0 Å². The second-order valence-electron chi connectivity index (χ2n) is 17.5. The molecule has 4 aliphatic rings. The molecule has 2 fully saturated rings. The molecule has 296 valence electrons. The molecule has 1 saturated heterocycles. The van der Waals surface area contributed by atoms with E-state index in [0.717, 1.165) is 38.8 Å². The number of aliphatic hydroxyl groups excluding tert-OH is 2. The maximum atomic E-state index is 13.3. The molecule has 9 nitrogen and oxygen atoms in total. The van der Waals surface area contributed by atoms with Crippen LogP contribution in [0.15, 0.2) is 60.7 Å². The molecule has 6 N–H and O–H groups in total. The first-order valence-corrected chi connectivity index (χ1v) is 20.3. The van der Waals surface area contributed by atoms with E-state index in [0.29, 0.717) is 25.4 Å². The van der Waals surface area contributed by atoms with Crippen molar-refractivity contribution in [3.8, 4) is 0 Å². The molecule has 3 aliphatic carbocycles. The van der Waals surface area contributed by atoms with E-state index in [2.05, 4.69) is 65.3 Å². The van der Waals surface area contributed by atoms with Gasteiger partial charge in [-0.3, -0.25) is 9.69 Å². The lowest BCUT2D eigenvalue weighted by atomic mass is 9.76. The van der Waals surface area contributed by atoms with Gasteiger partial charge in [-0.15, -0.1) is 0 Å². The van der Waals surface area contributed by atoms with Gasteiger partial charge in [0.05, 0.1) is 17.6 Å². The van der Waals surface area contributed by atoms with Crippen LogP contribution >= 0.6 is 0 Å². The molecule has 6 rings (SSSR count). The number of esters is 1. The summed E-state index contributed by atoms with van der Waals surface area (Å²) in [7, 11) is 0. The van der Waals surface area contributed by atoms with Gasteiger partial charge in [0.25, 0.3) is 0 Å². The van der Waals surface area contributed by atoms with Gasteiger partial charge in [-0.1, -0.05) is 81.5 Å². The number of benzene rings is 2. The number of carbonyl (C=O) groups is 1. The Bertz CT molecular complexity index is 1720. The first kappa shape index (κ1) is 40.8. The highest BCUT2D eigenvalue weighted by Gasteiger charge is 2.70. The summed E-state index contributed by atoms with van der Waals surface area (Å²) in [5, 5.41) is 61.3. The molecule has 2 aromatic rings. The van der Waals surface area contributed by atoms with Gasteiger partial charge < -0.3 is 35.6 Å². The Morgan fingerprint density at radius 3 is 2.22 bits per heavy atom. The van der Waals surface area contributed by atoms with Gasteiger partial charge in [0, 0.05) is 31.5 Å². The SMILES string of the molecule is C=C1CC2=C(CC1CNCCCN1C[C@H](C)C[C@]3(O)CC3(O)[C@@H](C)[C@H](O)C(C)C(=O)O[C@H](CC)[C@@](C)(O)C(O)C1C)c1ccccc1Cc1ccccc12. The van der Waals surface area contributed by atoms with Gasteiger partial charge in [0.15, 0.2) is 0 Å². The summed E-state index contributed by atoms with van der Waals surface area (Å²) < 4.78 is 5.77. The molecule has 2 aromatic carbocycles. The fourth-order valence-corrected chi connectivity index (χ4v) is 9.90. The number of rotatable bonds is 7. The molecule has 1 aliphatic heterocycles. The van der Waals surface area contributed by atoms with Gasteiger partial charge in [-0.05, 0) is 118 Å². The average Bonchev–Trinajstić information content (AvgIpc) is 3.74. The number of aliphatic hydroxyl groups is 5. The minimum Gasteiger partial charge on any atom is -0.459 e. The van der Waals surface area contributed by atoms with Crippen molar-refractivity contribution in [2.75, 3.05) is 26.2 Å². The number of hydrogen-bond acceptors (Lipinski definition) is 9. The van der Waals surface area contributed by atoms with Crippen LogP contribution in [0.25, 0.3) is 11.1 Å². The van der Waals surface area contributed by atoms with Gasteiger partial charge >= 0.3 is 5.97 Å². The molecule has 11 atom stereocenters. The summed E-state index contributed by atoms with van der Waals surface area (Å²) in [5.41, 5.74) is 4.80. The number of carbonyl (C=O) groups excluding carboxylic acids is 1. The number of ether oxygens (including phenoxy) is 1. The van der Waals surface area contributed by atoms with Crippen molar-refractivity contribution in [3.05, 3.63) is 82.9 Å². The number of allylic oxidation sites excluding steroid dienone is 2. The largest absolute Gasteiger partial charge is 0.459 e. The summed E-state index contributed by atoms with van der Waals surface area (Å²) in [6, 6.07) is 17.1. The molecule has 1 heterocycles. The maximum absolute atomic E-state index is 13.3. The van der Waals surface area contributed by atoms with Gasteiger partial charge in [0.2, 0.25) is 0 Å². The van der Waals surface area contributed by atoms with Gasteiger partial charge in [0.1, 0.15) is 23.4 Å². The summed E-state index contributed by atoms with van der Waals surface area (Å²) >= 11 is 0. The summed E-state index contributed by atoms with van der Waals surface area (Å²) in [4.78, 5) is 15.4. The highest BCUT2D eigenvalue weighted by molar-refractivity contribution is 5.96. The molecule has 0 radical (unpaired) electrons. The van der Waals surface area contributed by atoms with Crippen molar-refractivity contribution in [1.82, 2.24) is 10.2 Å². The fraction of sp³-hybridized carbons (Fsp3) is 0.622. The third kappa shape index (κ3) is 7.75. The average molecular weight is 745 g/mol. The van der Waals surface area contributed by atoms with Crippen molar-refractivity contribution in [1.29, 1.82) is 0 Å². The minimum atomic E-state index is -1.77. The van der Waals surface area contributed by atoms with E-state index in [1.54, 1.807) is 13.8 Å². The van der Waals surface area contributed by atoms with Crippen LogP contribution in [-0.2, 0) is 16.0 Å². The normalized spacial score (nSPS) is 37.8. The Kier molecular flexibility index (Phi) is 12.0. The van der Waals surface area contributed by atoms with E-state index in [9.17, 15) is 30.3 Å². The summed E-state index contributed by atoms with van der Waals surface area (Å²) in [6.07, 6.45) is 0.608. The summed E-state index contributed by atoms with van der Waals surface area (Å²) in [6.45, 7) is 17.6. The van der Waals surface area contributed by atoms with Crippen molar-refractivity contribution in [2.24, 2.45) is 23.7 Å². The quantitative estimate of drug-likeness (QED) is 0.130. The zero-order chi connectivity index (χ0) is 39.2. The van der Waals surface area contributed by atoms with E-state index in [4.69, 9.17) is 4.74 Å². The van der Waals surface area contributed by atoms with Crippen LogP contribution in [-0.4, -0.2) is 104 Å². The number of nitrogens with zero attached hydrogens (tertiary/aromatic N) is 1. The smallest absolute Gasteiger partial charge is 0.311 e. The zero-order valence-electron chi connectivity index (χ0n) is 33.2. The second kappa shape index (κ2) is 15.9. The number of nitrogens with one attached hydrogen (secondary N) is 1. The lowest BCUT2D eigenvalue weighted by Crippen LogP contribution is -2.59. The van der Waals surface area contributed by atoms with Crippen LogP contribution in [0, 0.1) is 23.7 Å². The molecule has 0 aromatic heterocycles. The molecular formula is C45H64N2O7. The lowest BCUT2D eigenvalue weighted by molar-refractivity contribution is -0.193. The third-order valence-electron chi connectivity index (χ3n) is 13.6. The van der Waals surface area contributed by atoms with E-state index >= 15 is 0 Å². The minimum absolute atomic E-state index is 0.0797. The fourth-order valence-electron chi connectivity index (χ4n) is 9.90. The molecule has 0 amide bonds. The van der Waals surface area contributed by atoms with Crippen LogP contribution in [0.4, 0.5) is 0 Å². The molecule has 54 heavy (non-hydrogen) atoms. The second-order valence-corrected chi connectivity index (χ2v) is 17.5. The number of cyclic esters (lactones) is 1. The van der Waals surface area contributed by atoms with E-state index in [-0.39, 0.29) is 18.8 Å². The topological polar surface area (TPSA) is 143 Å². The Morgan fingerprint density at radius 2 is 1.57 bits per heavy atom. The van der Waals surface area contributed by atoms with Crippen LogP contribution in [0.2, 0.25) is 0 Å². The number of fused-ring (bicyclic) bond motifs is 5. The first-order chi connectivity index (χ1) is 25.5. The van der Waals surface area contributed by atoms with Crippen LogP contribution in [0.1, 0.15) is 102 Å². The van der Waals surface area contributed by atoms with Crippen LogP contribution < -0.4 is 5.32 Å². The number of hydrogen-bond donors (Lipinski definition) is 6. The highest BCUT2D eigenvalue weighted by Crippen LogP contribution is 2.57. The van der Waals surface area contributed by atoms with Crippen LogP contribution in [0.5, 0.6) is 0 Å². The van der Waals surface area contributed by atoms with Crippen molar-refractivity contribution >= 4 is 17.1 Å². The Morgan fingerprint density at radius 1 is 0.944 bits per heavy atom. The first-order valence-electron chi connectivity index (χ1n) is 20.3. The standard InChI is InChI=1S/C45H64N2O7/c1-8-39-43(7,51)41(49)31(6)47(25-27(2)23-44(52)26-45(44,53)30(5)40(48)29(4)42(50)54-39)19-13-18-46-24-34-22-38-36-17-12-10-15-33(36)21-32-14-9-11-16-35(32)37(38)20-28(34)3/h9-12,14-17,27,29-31,34,39-41,46,48-49,51-53H,3,8,13,18-26H2,1-2,4-7H3/t27-,29?,30+,31?,34?,39-,40-,41?,43-,44+,45?/m1/s1. The molecular weight excluding hydrogens is 681 g/mol. The Labute approximate surface area is 322 Å². The Hall–Kier alpha value is -2.89. The molecule has 9 heteroatoms. The molecule has 0 spiro atoms. The van der Waals surface area contributed by atoms with Gasteiger partial charge in [-0.25, -0.2) is 0 Å². The van der Waals surface area contributed by atoms with Crippen molar-refractivity contribution in [3.63, 3.8) is 0 Å². The highest BCUT2D eigenvalue weighted by atomic mass is 16.6. The monoisotopic (exact) mass is 744 g/mol. The molecule has 5 unspecified atom stereocenters. The zero-order valence-corrected chi connectivity index (χ0v) is 33.2. The summed E-state index contributed by atoms with van der Waals surface area (Å²) in [5.74, 6) is -2.30. The predicted octanol–water partition coefficient (Wildman–Crippen LogP) is 5.11. The maximum Gasteiger partial charge on any atom is 0.311 e. The van der Waals surface area contributed by atoms with E-state index in [1.807, 2.05) is 13.8 Å². The molecule has 1 saturated carbocycles. The predicted molar refractivity (Wildman–Crippen MR) is 212 cm³/mol. The van der Waals surface area contributed by atoms with Crippen LogP contribution in [0.3, 0.4) is 0 Å². The van der Waals surface area contributed by atoms with E-state index < -0.39 is 59.0 Å².